The molecule has 0 bridgehead atoms. The Balaban J connectivity index is 2.27. The molecule has 0 saturated carbocycles. The van der Waals surface area contributed by atoms with Crippen LogP contribution in [0.5, 0.6) is 0 Å². The summed E-state index contributed by atoms with van der Waals surface area (Å²) >= 11 is 6.49. The summed E-state index contributed by atoms with van der Waals surface area (Å²) < 4.78 is 5.05. The summed E-state index contributed by atoms with van der Waals surface area (Å²) in [6.45, 7) is 3.86. The van der Waals surface area contributed by atoms with E-state index >= 15 is 0 Å². The molecule has 1 unspecified atom stereocenters. The standard InChI is InChI=1S/C20H19ClN2O2/c1-12-17(14-7-6-10-22-11-14)19(15-8-4-5-9-16(15)21)18(13(2)23-12)20(24)25-3/h4-11,19,23H,1-3H3. The summed E-state index contributed by atoms with van der Waals surface area (Å²) in [5, 5.41) is 3.91. The summed E-state index contributed by atoms with van der Waals surface area (Å²) in [6, 6.07) is 11.4. The van der Waals surface area contributed by atoms with Crippen molar-refractivity contribution in [1.82, 2.24) is 10.3 Å². The van der Waals surface area contributed by atoms with Gasteiger partial charge in [0.15, 0.2) is 0 Å². The van der Waals surface area contributed by atoms with Gasteiger partial charge in [0.25, 0.3) is 0 Å². The SMILES string of the molecule is COC(=O)C1=C(C)NC(C)=C(c2cccnc2)C1c1ccccc1Cl. The van der Waals surface area contributed by atoms with Gasteiger partial charge < -0.3 is 10.1 Å². The minimum Gasteiger partial charge on any atom is -0.466 e. The monoisotopic (exact) mass is 354 g/mol. The molecule has 128 valence electrons. The summed E-state index contributed by atoms with van der Waals surface area (Å²) in [5.41, 5.74) is 5.05. The molecule has 1 atom stereocenters. The predicted molar refractivity (Wildman–Crippen MR) is 98.9 cm³/mol. The van der Waals surface area contributed by atoms with Gasteiger partial charge in [-0.05, 0) is 42.7 Å². The number of pyridine rings is 1. The van der Waals surface area contributed by atoms with E-state index < -0.39 is 0 Å². The highest BCUT2D eigenvalue weighted by Crippen LogP contribution is 2.45. The number of hydrogen-bond donors (Lipinski definition) is 1. The van der Waals surface area contributed by atoms with E-state index in [0.717, 1.165) is 28.1 Å². The van der Waals surface area contributed by atoms with Gasteiger partial charge in [0.2, 0.25) is 0 Å². The molecule has 0 fully saturated rings. The maximum absolute atomic E-state index is 12.6. The molecular formula is C20H19ClN2O2. The Bertz CT molecular complexity index is 872. The molecule has 0 amide bonds. The van der Waals surface area contributed by atoms with E-state index in [1.807, 2.05) is 50.2 Å². The third kappa shape index (κ3) is 3.17. The lowest BCUT2D eigenvalue weighted by Crippen LogP contribution is -2.28. The number of aromatic nitrogens is 1. The van der Waals surface area contributed by atoms with Crippen LogP contribution in [0.2, 0.25) is 5.02 Å². The number of ether oxygens (including phenoxy) is 1. The van der Waals surface area contributed by atoms with Crippen LogP contribution in [0.3, 0.4) is 0 Å². The van der Waals surface area contributed by atoms with Crippen molar-refractivity contribution in [2.45, 2.75) is 19.8 Å². The zero-order valence-electron chi connectivity index (χ0n) is 14.3. The van der Waals surface area contributed by atoms with Crippen molar-refractivity contribution in [1.29, 1.82) is 0 Å². The quantitative estimate of drug-likeness (QED) is 0.835. The van der Waals surface area contributed by atoms with Crippen molar-refractivity contribution >= 4 is 23.1 Å². The predicted octanol–water partition coefficient (Wildman–Crippen LogP) is 4.30. The van der Waals surface area contributed by atoms with Crippen LogP contribution in [0.4, 0.5) is 0 Å². The van der Waals surface area contributed by atoms with Gasteiger partial charge in [0.1, 0.15) is 0 Å². The number of esters is 1. The van der Waals surface area contributed by atoms with Gasteiger partial charge in [0, 0.05) is 34.7 Å². The first-order valence-corrected chi connectivity index (χ1v) is 8.34. The first-order chi connectivity index (χ1) is 12.0. The van der Waals surface area contributed by atoms with Crippen molar-refractivity contribution in [3.8, 4) is 0 Å². The summed E-state index contributed by atoms with van der Waals surface area (Å²) in [4.78, 5) is 16.8. The van der Waals surface area contributed by atoms with Crippen LogP contribution in [0.15, 0.2) is 65.8 Å². The second-order valence-electron chi connectivity index (χ2n) is 5.89. The lowest BCUT2D eigenvalue weighted by Gasteiger charge is -2.32. The molecule has 1 N–H and O–H groups in total. The number of carbonyl (C=O) groups excluding carboxylic acids is 1. The third-order valence-corrected chi connectivity index (χ3v) is 4.70. The second-order valence-corrected chi connectivity index (χ2v) is 6.30. The van der Waals surface area contributed by atoms with Gasteiger partial charge in [-0.1, -0.05) is 35.9 Å². The van der Waals surface area contributed by atoms with Crippen LogP contribution in [-0.2, 0) is 9.53 Å². The Labute approximate surface area is 152 Å². The Kier molecular flexibility index (Phi) is 4.91. The van der Waals surface area contributed by atoms with Crippen LogP contribution in [0, 0.1) is 0 Å². The average Bonchev–Trinajstić information content (AvgIpc) is 2.62. The van der Waals surface area contributed by atoms with E-state index in [2.05, 4.69) is 10.3 Å². The van der Waals surface area contributed by atoms with Crippen molar-refractivity contribution in [2.24, 2.45) is 0 Å². The minimum absolute atomic E-state index is 0.327. The normalized spacial score (nSPS) is 17.4. The largest absolute Gasteiger partial charge is 0.466 e. The highest BCUT2D eigenvalue weighted by molar-refractivity contribution is 6.31. The number of carbonyl (C=O) groups is 1. The molecule has 0 aliphatic carbocycles. The van der Waals surface area contributed by atoms with E-state index in [9.17, 15) is 4.79 Å². The van der Waals surface area contributed by atoms with Crippen LogP contribution >= 0.6 is 11.6 Å². The molecule has 1 aromatic carbocycles. The van der Waals surface area contributed by atoms with Crippen molar-refractivity contribution in [3.63, 3.8) is 0 Å². The fourth-order valence-corrected chi connectivity index (χ4v) is 3.54. The fraction of sp³-hybridized carbons (Fsp3) is 0.200. The molecule has 1 aliphatic rings. The zero-order valence-corrected chi connectivity index (χ0v) is 15.1. The number of dihydropyridines is 1. The van der Waals surface area contributed by atoms with Crippen molar-refractivity contribution < 1.29 is 9.53 Å². The molecule has 0 spiro atoms. The highest BCUT2D eigenvalue weighted by atomic mass is 35.5. The van der Waals surface area contributed by atoms with Gasteiger partial charge >= 0.3 is 5.97 Å². The maximum atomic E-state index is 12.6. The smallest absolute Gasteiger partial charge is 0.336 e. The summed E-state index contributed by atoms with van der Waals surface area (Å²) in [6.07, 6.45) is 3.52. The molecule has 2 heterocycles. The highest BCUT2D eigenvalue weighted by Gasteiger charge is 2.35. The van der Waals surface area contributed by atoms with Gasteiger partial charge in [-0.25, -0.2) is 4.79 Å². The lowest BCUT2D eigenvalue weighted by atomic mass is 9.78. The van der Waals surface area contributed by atoms with Gasteiger partial charge in [0.05, 0.1) is 12.7 Å². The van der Waals surface area contributed by atoms with E-state index in [0.29, 0.717) is 10.6 Å². The van der Waals surface area contributed by atoms with Crippen molar-refractivity contribution in [2.75, 3.05) is 7.11 Å². The van der Waals surface area contributed by atoms with Gasteiger partial charge in [-0.15, -0.1) is 0 Å². The maximum Gasteiger partial charge on any atom is 0.336 e. The molecule has 1 aliphatic heterocycles. The first-order valence-electron chi connectivity index (χ1n) is 7.96. The number of nitrogens with zero attached hydrogens (tertiary/aromatic N) is 1. The number of hydrogen-bond acceptors (Lipinski definition) is 4. The molecular weight excluding hydrogens is 336 g/mol. The summed E-state index contributed by atoms with van der Waals surface area (Å²) in [5.74, 6) is -0.699. The van der Waals surface area contributed by atoms with Crippen LogP contribution in [-0.4, -0.2) is 18.1 Å². The lowest BCUT2D eigenvalue weighted by molar-refractivity contribution is -0.136. The zero-order chi connectivity index (χ0) is 18.0. The Morgan fingerprint density at radius 3 is 2.56 bits per heavy atom. The number of nitrogens with one attached hydrogen (secondary N) is 1. The molecule has 1 aromatic heterocycles. The van der Waals surface area contributed by atoms with Crippen LogP contribution < -0.4 is 5.32 Å². The minimum atomic E-state index is -0.371. The molecule has 5 heteroatoms. The molecule has 0 saturated heterocycles. The third-order valence-electron chi connectivity index (χ3n) is 4.35. The Morgan fingerprint density at radius 1 is 1.16 bits per heavy atom. The van der Waals surface area contributed by atoms with Crippen LogP contribution in [0.1, 0.15) is 30.9 Å². The number of halogens is 1. The number of allylic oxidation sites excluding steroid dienone is 3. The van der Waals surface area contributed by atoms with E-state index in [-0.39, 0.29) is 11.9 Å². The second kappa shape index (κ2) is 7.11. The van der Waals surface area contributed by atoms with Crippen molar-refractivity contribution in [3.05, 3.63) is 81.9 Å². The van der Waals surface area contributed by atoms with E-state index in [1.165, 1.54) is 7.11 Å². The number of methoxy groups -OCH3 is 1. The molecule has 0 radical (unpaired) electrons. The summed E-state index contributed by atoms with van der Waals surface area (Å²) in [7, 11) is 1.39. The van der Waals surface area contributed by atoms with Gasteiger partial charge in [-0.2, -0.15) is 0 Å². The molecule has 4 nitrogen and oxygen atoms in total. The fourth-order valence-electron chi connectivity index (χ4n) is 3.30. The average molecular weight is 355 g/mol. The van der Waals surface area contributed by atoms with E-state index in [1.54, 1.807) is 12.4 Å². The topological polar surface area (TPSA) is 51.2 Å². The first kappa shape index (κ1) is 17.2. The number of benzene rings is 1. The van der Waals surface area contributed by atoms with E-state index in [4.69, 9.17) is 16.3 Å². The van der Waals surface area contributed by atoms with Gasteiger partial charge in [-0.3, -0.25) is 4.98 Å². The molecule has 3 rings (SSSR count). The Hall–Kier alpha value is -2.59. The van der Waals surface area contributed by atoms with Crippen LogP contribution in [0.25, 0.3) is 5.57 Å². The number of rotatable bonds is 3. The molecule has 2 aromatic rings. The Morgan fingerprint density at radius 2 is 1.92 bits per heavy atom. The molecule has 25 heavy (non-hydrogen) atoms.